The fourth-order valence-electron chi connectivity index (χ4n) is 2.97. The average molecular weight is 300 g/mol. The van der Waals surface area contributed by atoms with E-state index in [0.29, 0.717) is 5.02 Å². The standard InChI is InChI=1S/C15H23ClFN3/c1-18-15(12-9-11(17)5-6-13(12)16)14-10-19(2)7-4-8-20(14)3/h5-6,9,14-15,18H,4,7-8,10H2,1-3H3. The summed E-state index contributed by atoms with van der Waals surface area (Å²) in [4.78, 5) is 4.66. The number of hydrogen-bond donors (Lipinski definition) is 1. The third-order valence-corrected chi connectivity index (χ3v) is 4.45. The zero-order valence-corrected chi connectivity index (χ0v) is 13.1. The summed E-state index contributed by atoms with van der Waals surface area (Å²) in [5.41, 5.74) is 0.835. The lowest BCUT2D eigenvalue weighted by atomic mass is 9.97. The Labute approximate surface area is 125 Å². The van der Waals surface area contributed by atoms with E-state index in [1.165, 1.54) is 6.07 Å². The predicted octanol–water partition coefficient (Wildman–Crippen LogP) is 2.38. The monoisotopic (exact) mass is 299 g/mol. The average Bonchev–Trinajstić information content (AvgIpc) is 2.57. The van der Waals surface area contributed by atoms with Gasteiger partial charge in [-0.05, 0) is 64.4 Å². The molecule has 1 saturated heterocycles. The third-order valence-electron chi connectivity index (χ3n) is 4.10. The topological polar surface area (TPSA) is 18.5 Å². The SMILES string of the molecule is CNC(c1cc(F)ccc1Cl)C1CN(C)CCCN1C. The van der Waals surface area contributed by atoms with Gasteiger partial charge in [-0.15, -0.1) is 0 Å². The van der Waals surface area contributed by atoms with Crippen LogP contribution in [-0.2, 0) is 0 Å². The predicted molar refractivity (Wildman–Crippen MR) is 81.7 cm³/mol. The van der Waals surface area contributed by atoms with Crippen LogP contribution in [0, 0.1) is 5.82 Å². The van der Waals surface area contributed by atoms with E-state index in [0.717, 1.165) is 31.6 Å². The number of halogens is 2. The molecule has 1 fully saturated rings. The molecule has 0 aromatic heterocycles. The smallest absolute Gasteiger partial charge is 0.123 e. The fraction of sp³-hybridized carbons (Fsp3) is 0.600. The normalized spacial score (nSPS) is 23.6. The maximum absolute atomic E-state index is 13.6. The highest BCUT2D eigenvalue weighted by atomic mass is 35.5. The Morgan fingerprint density at radius 2 is 2.10 bits per heavy atom. The van der Waals surface area contributed by atoms with Crippen molar-refractivity contribution in [2.24, 2.45) is 0 Å². The highest BCUT2D eigenvalue weighted by Gasteiger charge is 2.30. The molecule has 112 valence electrons. The Bertz CT molecular complexity index is 455. The maximum atomic E-state index is 13.6. The summed E-state index contributed by atoms with van der Waals surface area (Å²) < 4.78 is 13.6. The van der Waals surface area contributed by atoms with E-state index in [1.54, 1.807) is 12.1 Å². The van der Waals surface area contributed by atoms with Crippen molar-refractivity contribution in [2.45, 2.75) is 18.5 Å². The molecule has 1 N–H and O–H groups in total. The first-order valence-electron chi connectivity index (χ1n) is 7.04. The van der Waals surface area contributed by atoms with Gasteiger partial charge in [0.2, 0.25) is 0 Å². The molecule has 2 rings (SSSR count). The molecular formula is C15H23ClFN3. The maximum Gasteiger partial charge on any atom is 0.123 e. The van der Waals surface area contributed by atoms with Gasteiger partial charge in [-0.25, -0.2) is 4.39 Å². The lowest BCUT2D eigenvalue weighted by Gasteiger charge is -2.35. The third kappa shape index (κ3) is 3.50. The van der Waals surface area contributed by atoms with E-state index in [2.05, 4.69) is 29.2 Å². The summed E-state index contributed by atoms with van der Waals surface area (Å²) in [6.07, 6.45) is 1.15. The largest absolute Gasteiger partial charge is 0.312 e. The van der Waals surface area contributed by atoms with Crippen LogP contribution in [0.3, 0.4) is 0 Å². The Balaban J connectivity index is 2.32. The molecular weight excluding hydrogens is 277 g/mol. The van der Waals surface area contributed by atoms with Crippen LogP contribution in [0.1, 0.15) is 18.0 Å². The number of rotatable bonds is 3. The van der Waals surface area contributed by atoms with Gasteiger partial charge in [0.1, 0.15) is 5.82 Å². The number of likely N-dealkylation sites (N-methyl/N-ethyl adjacent to an activating group) is 3. The molecule has 0 radical (unpaired) electrons. The molecule has 1 aliphatic rings. The molecule has 1 aromatic carbocycles. The van der Waals surface area contributed by atoms with Crippen LogP contribution in [-0.4, -0.2) is 56.6 Å². The van der Waals surface area contributed by atoms with E-state index in [9.17, 15) is 4.39 Å². The quantitative estimate of drug-likeness (QED) is 0.924. The van der Waals surface area contributed by atoms with Crippen LogP contribution >= 0.6 is 11.6 Å². The Hall–Kier alpha value is -0.680. The van der Waals surface area contributed by atoms with Crippen molar-refractivity contribution < 1.29 is 4.39 Å². The van der Waals surface area contributed by atoms with Crippen molar-refractivity contribution in [3.8, 4) is 0 Å². The molecule has 0 bridgehead atoms. The van der Waals surface area contributed by atoms with Gasteiger partial charge in [-0.3, -0.25) is 0 Å². The molecule has 0 spiro atoms. The van der Waals surface area contributed by atoms with Crippen molar-refractivity contribution in [1.82, 2.24) is 15.1 Å². The van der Waals surface area contributed by atoms with Gasteiger partial charge in [0.15, 0.2) is 0 Å². The minimum atomic E-state index is -0.241. The molecule has 2 atom stereocenters. The molecule has 3 nitrogen and oxygen atoms in total. The molecule has 0 amide bonds. The molecule has 20 heavy (non-hydrogen) atoms. The minimum Gasteiger partial charge on any atom is -0.312 e. The van der Waals surface area contributed by atoms with Crippen LogP contribution in [0.25, 0.3) is 0 Å². The summed E-state index contributed by atoms with van der Waals surface area (Å²) in [6, 6.07) is 4.87. The first-order chi connectivity index (χ1) is 9.52. The molecule has 1 heterocycles. The van der Waals surface area contributed by atoms with E-state index in [1.807, 2.05) is 7.05 Å². The van der Waals surface area contributed by atoms with E-state index >= 15 is 0 Å². The first-order valence-corrected chi connectivity index (χ1v) is 7.41. The molecule has 2 unspecified atom stereocenters. The number of benzene rings is 1. The van der Waals surface area contributed by atoms with Crippen molar-refractivity contribution in [1.29, 1.82) is 0 Å². The van der Waals surface area contributed by atoms with Crippen LogP contribution < -0.4 is 5.32 Å². The van der Waals surface area contributed by atoms with Gasteiger partial charge >= 0.3 is 0 Å². The Morgan fingerprint density at radius 3 is 2.80 bits per heavy atom. The van der Waals surface area contributed by atoms with Crippen LogP contribution in [0.5, 0.6) is 0 Å². The molecule has 0 saturated carbocycles. The van der Waals surface area contributed by atoms with E-state index in [4.69, 9.17) is 11.6 Å². The summed E-state index contributed by atoms with van der Waals surface area (Å²) in [7, 11) is 6.16. The lowest BCUT2D eigenvalue weighted by Crippen LogP contribution is -2.46. The number of nitrogens with one attached hydrogen (secondary N) is 1. The van der Waals surface area contributed by atoms with Gasteiger partial charge in [0, 0.05) is 17.6 Å². The van der Waals surface area contributed by atoms with Crippen LogP contribution in [0.4, 0.5) is 4.39 Å². The van der Waals surface area contributed by atoms with E-state index in [-0.39, 0.29) is 17.9 Å². The van der Waals surface area contributed by atoms with Gasteiger partial charge in [0.25, 0.3) is 0 Å². The zero-order chi connectivity index (χ0) is 14.7. The van der Waals surface area contributed by atoms with Gasteiger partial charge in [-0.1, -0.05) is 11.6 Å². The van der Waals surface area contributed by atoms with Crippen molar-refractivity contribution >= 4 is 11.6 Å². The second-order valence-electron chi connectivity index (χ2n) is 5.60. The summed E-state index contributed by atoms with van der Waals surface area (Å²) in [5.74, 6) is -0.241. The second-order valence-corrected chi connectivity index (χ2v) is 6.00. The summed E-state index contributed by atoms with van der Waals surface area (Å²) >= 11 is 6.28. The fourth-order valence-corrected chi connectivity index (χ4v) is 3.21. The van der Waals surface area contributed by atoms with Crippen molar-refractivity contribution in [2.75, 3.05) is 40.8 Å². The van der Waals surface area contributed by atoms with Gasteiger partial charge in [-0.2, -0.15) is 0 Å². The zero-order valence-electron chi connectivity index (χ0n) is 12.4. The minimum absolute atomic E-state index is 0.0174. The number of hydrogen-bond acceptors (Lipinski definition) is 3. The highest BCUT2D eigenvalue weighted by molar-refractivity contribution is 6.31. The number of nitrogens with zero attached hydrogens (tertiary/aromatic N) is 2. The molecule has 1 aromatic rings. The summed E-state index contributed by atoms with van der Waals surface area (Å²) in [5, 5.41) is 3.93. The second kappa shape index (κ2) is 6.85. The molecule has 1 aliphatic heterocycles. The first kappa shape index (κ1) is 15.7. The molecule has 0 aliphatic carbocycles. The lowest BCUT2D eigenvalue weighted by molar-refractivity contribution is 0.182. The van der Waals surface area contributed by atoms with Crippen molar-refractivity contribution in [3.05, 3.63) is 34.6 Å². The van der Waals surface area contributed by atoms with E-state index < -0.39 is 0 Å². The van der Waals surface area contributed by atoms with Crippen molar-refractivity contribution in [3.63, 3.8) is 0 Å². The van der Waals surface area contributed by atoms with Gasteiger partial charge in [0.05, 0.1) is 6.04 Å². The van der Waals surface area contributed by atoms with Gasteiger partial charge < -0.3 is 15.1 Å². The summed E-state index contributed by atoms with van der Waals surface area (Å²) in [6.45, 7) is 3.07. The Kier molecular flexibility index (Phi) is 5.38. The Morgan fingerprint density at radius 1 is 1.35 bits per heavy atom. The highest BCUT2D eigenvalue weighted by Crippen LogP contribution is 2.29. The van der Waals surface area contributed by atoms with Crippen LogP contribution in [0.15, 0.2) is 18.2 Å². The molecule has 5 heteroatoms. The van der Waals surface area contributed by atoms with Crippen LogP contribution in [0.2, 0.25) is 5.02 Å².